The van der Waals surface area contributed by atoms with Crippen molar-refractivity contribution in [2.75, 3.05) is 6.61 Å². The number of hydrogen-bond donors (Lipinski definition) is 0. The summed E-state index contributed by atoms with van der Waals surface area (Å²) in [6.07, 6.45) is 4.73. The highest BCUT2D eigenvalue weighted by atomic mass is 16.7. The van der Waals surface area contributed by atoms with Gasteiger partial charge in [-0.1, -0.05) is 6.92 Å². The van der Waals surface area contributed by atoms with Crippen LogP contribution in [0.15, 0.2) is 12.3 Å². The third-order valence-corrected chi connectivity index (χ3v) is 1.96. The quantitative estimate of drug-likeness (QED) is 0.523. The van der Waals surface area contributed by atoms with Crippen molar-refractivity contribution in [3.8, 4) is 0 Å². The molecule has 60 valence electrons. The van der Waals surface area contributed by atoms with E-state index < -0.39 is 0 Å². The molecule has 0 spiro atoms. The molecule has 1 fully saturated rings. The summed E-state index contributed by atoms with van der Waals surface area (Å²) in [7, 11) is -0.0312. The lowest BCUT2D eigenvalue weighted by atomic mass is 9.87. The molecule has 2 heterocycles. The lowest BCUT2D eigenvalue weighted by Gasteiger charge is -2.18. The van der Waals surface area contributed by atoms with Crippen LogP contribution in [0.1, 0.15) is 6.92 Å². The minimum Gasteiger partial charge on any atom is -0.499 e. The van der Waals surface area contributed by atoms with E-state index in [1.165, 1.54) is 0 Å². The van der Waals surface area contributed by atoms with Gasteiger partial charge in [0.15, 0.2) is 0 Å². The maximum absolute atomic E-state index is 5.53. The Bertz CT molecular complexity index is 171. The second-order valence-corrected chi connectivity index (χ2v) is 2.77. The first-order valence-corrected chi connectivity index (χ1v) is 3.99. The molecule has 1 saturated heterocycles. The second kappa shape index (κ2) is 2.87. The highest BCUT2D eigenvalue weighted by Gasteiger charge is 2.38. The molecule has 2 atom stereocenters. The zero-order valence-corrected chi connectivity index (χ0v) is 6.53. The molecule has 0 amide bonds. The fourth-order valence-electron chi connectivity index (χ4n) is 1.35. The van der Waals surface area contributed by atoms with Crippen LogP contribution >= 0.6 is 0 Å². The molecule has 0 aromatic heterocycles. The average Bonchev–Trinajstić information content (AvgIpc) is 2.46. The van der Waals surface area contributed by atoms with Gasteiger partial charge >= 0.3 is 7.12 Å². The van der Waals surface area contributed by atoms with Crippen molar-refractivity contribution in [2.24, 2.45) is 0 Å². The predicted molar refractivity (Wildman–Crippen MR) is 41.1 cm³/mol. The van der Waals surface area contributed by atoms with E-state index >= 15 is 0 Å². The van der Waals surface area contributed by atoms with Crippen LogP contribution in [0.3, 0.4) is 0 Å². The lowest BCUT2D eigenvalue weighted by molar-refractivity contribution is 0.0774. The van der Waals surface area contributed by atoms with Crippen LogP contribution in [0.5, 0.6) is 0 Å². The van der Waals surface area contributed by atoms with E-state index in [0.29, 0.717) is 6.61 Å². The third kappa shape index (κ3) is 1.28. The van der Waals surface area contributed by atoms with Gasteiger partial charge in [0.25, 0.3) is 0 Å². The molecule has 0 bridgehead atoms. The zero-order valence-electron chi connectivity index (χ0n) is 6.53. The van der Waals surface area contributed by atoms with Crippen molar-refractivity contribution in [1.82, 2.24) is 0 Å². The topological polar surface area (TPSA) is 27.7 Å². The van der Waals surface area contributed by atoms with Gasteiger partial charge in [0.2, 0.25) is 0 Å². The highest BCUT2D eigenvalue weighted by Crippen LogP contribution is 2.22. The van der Waals surface area contributed by atoms with Gasteiger partial charge < -0.3 is 14.0 Å². The molecule has 3 nitrogen and oxygen atoms in total. The smallest absolute Gasteiger partial charge is 0.457 e. The summed E-state index contributed by atoms with van der Waals surface area (Å²) in [4.78, 5) is 0. The Labute approximate surface area is 66.5 Å². The summed E-state index contributed by atoms with van der Waals surface area (Å²) in [6, 6.07) is 0. The molecule has 0 unspecified atom stereocenters. The van der Waals surface area contributed by atoms with Gasteiger partial charge in [-0.3, -0.25) is 0 Å². The van der Waals surface area contributed by atoms with Crippen molar-refractivity contribution in [2.45, 2.75) is 25.5 Å². The van der Waals surface area contributed by atoms with Crippen LogP contribution < -0.4 is 0 Å². The number of ether oxygens (including phenoxy) is 1. The summed E-state index contributed by atoms with van der Waals surface area (Å²) in [6.45, 7) is 2.67. The van der Waals surface area contributed by atoms with Gasteiger partial charge in [-0.15, -0.1) is 0 Å². The van der Waals surface area contributed by atoms with Crippen molar-refractivity contribution in [1.29, 1.82) is 0 Å². The summed E-state index contributed by atoms with van der Waals surface area (Å²) in [5.74, 6) is 0. The molecule has 11 heavy (non-hydrogen) atoms. The van der Waals surface area contributed by atoms with E-state index in [0.717, 1.165) is 6.32 Å². The Kier molecular flexibility index (Phi) is 1.88. The van der Waals surface area contributed by atoms with Crippen molar-refractivity contribution in [3.63, 3.8) is 0 Å². The van der Waals surface area contributed by atoms with Gasteiger partial charge in [0.1, 0.15) is 12.7 Å². The van der Waals surface area contributed by atoms with Crippen LogP contribution in [0.4, 0.5) is 0 Å². The number of hydrogen-bond acceptors (Lipinski definition) is 3. The minimum absolute atomic E-state index is 0.0312. The van der Waals surface area contributed by atoms with E-state index in [4.69, 9.17) is 14.0 Å². The molecule has 2 aliphatic heterocycles. The van der Waals surface area contributed by atoms with E-state index in [-0.39, 0.29) is 19.3 Å². The van der Waals surface area contributed by atoms with Gasteiger partial charge in [-0.2, -0.15) is 0 Å². The fraction of sp³-hybridized carbons (Fsp3) is 0.714. The first kappa shape index (κ1) is 7.19. The van der Waals surface area contributed by atoms with E-state index in [1.807, 2.05) is 13.0 Å². The van der Waals surface area contributed by atoms with Gasteiger partial charge in [0, 0.05) is 0 Å². The van der Waals surface area contributed by atoms with Crippen molar-refractivity contribution < 1.29 is 14.0 Å². The number of rotatable bonds is 1. The summed E-state index contributed by atoms with van der Waals surface area (Å²) >= 11 is 0. The lowest BCUT2D eigenvalue weighted by Crippen LogP contribution is -2.28. The van der Waals surface area contributed by atoms with Crippen molar-refractivity contribution >= 4 is 7.12 Å². The largest absolute Gasteiger partial charge is 0.499 e. The summed E-state index contributed by atoms with van der Waals surface area (Å²) in [5, 5.41) is 0. The first-order valence-electron chi connectivity index (χ1n) is 3.99. The summed E-state index contributed by atoms with van der Waals surface area (Å²) < 4.78 is 16.1. The molecule has 0 aliphatic carbocycles. The van der Waals surface area contributed by atoms with Gasteiger partial charge in [-0.25, -0.2) is 0 Å². The fourth-order valence-corrected chi connectivity index (χ4v) is 1.35. The van der Waals surface area contributed by atoms with E-state index in [9.17, 15) is 0 Å². The van der Waals surface area contributed by atoms with Crippen LogP contribution in [0.25, 0.3) is 0 Å². The maximum atomic E-state index is 5.53. The zero-order chi connectivity index (χ0) is 7.68. The molecule has 2 rings (SSSR count). The standard InChI is InChI=1S/C7H11BO3/c1-2-8-10-6-3-4-9-5-7(6)11-8/h3-4,6-7H,2,5H2,1H3/t6-,7+/m0/s1. The Balaban J connectivity index is 2.00. The predicted octanol–water partition coefficient (Wildman–Crippen LogP) is 0.822. The van der Waals surface area contributed by atoms with Crippen molar-refractivity contribution in [3.05, 3.63) is 12.3 Å². The molecule has 4 heteroatoms. The van der Waals surface area contributed by atoms with Crippen LogP contribution in [0.2, 0.25) is 6.32 Å². The highest BCUT2D eigenvalue weighted by molar-refractivity contribution is 6.45. The Morgan fingerprint density at radius 1 is 1.55 bits per heavy atom. The monoisotopic (exact) mass is 154 g/mol. The van der Waals surface area contributed by atoms with Gasteiger partial charge in [-0.05, 0) is 12.4 Å². The normalized spacial score (nSPS) is 35.2. The Hall–Kier alpha value is -0.475. The molecule has 0 N–H and O–H groups in total. The first-order chi connectivity index (χ1) is 5.40. The Morgan fingerprint density at radius 3 is 3.18 bits per heavy atom. The van der Waals surface area contributed by atoms with Gasteiger partial charge in [0.05, 0.1) is 12.4 Å². The Morgan fingerprint density at radius 2 is 2.45 bits per heavy atom. The molecular formula is C7H11BO3. The molecular weight excluding hydrogens is 143 g/mol. The second-order valence-electron chi connectivity index (χ2n) is 2.77. The number of fused-ring (bicyclic) bond motifs is 1. The van der Waals surface area contributed by atoms with Crippen LogP contribution in [-0.2, 0) is 14.0 Å². The molecule has 2 aliphatic rings. The van der Waals surface area contributed by atoms with Crippen LogP contribution in [0, 0.1) is 0 Å². The maximum Gasteiger partial charge on any atom is 0.457 e. The molecule has 0 aromatic carbocycles. The minimum atomic E-state index is -0.0312. The molecule has 0 saturated carbocycles. The summed E-state index contributed by atoms with van der Waals surface area (Å²) in [5.41, 5.74) is 0. The average molecular weight is 154 g/mol. The SMILES string of the molecule is CCB1O[C@H]2C=COC[C@H]2O1. The van der Waals surface area contributed by atoms with Crippen LogP contribution in [-0.4, -0.2) is 25.9 Å². The van der Waals surface area contributed by atoms with E-state index in [2.05, 4.69) is 0 Å². The molecule has 0 radical (unpaired) electrons. The van der Waals surface area contributed by atoms with E-state index in [1.54, 1.807) is 6.26 Å². The third-order valence-electron chi connectivity index (χ3n) is 1.96. The molecule has 0 aromatic rings.